The van der Waals surface area contributed by atoms with Crippen LogP contribution in [0.5, 0.6) is 11.5 Å². The Bertz CT molecular complexity index is 1290. The van der Waals surface area contributed by atoms with Gasteiger partial charge in [0.25, 0.3) is 5.56 Å². The van der Waals surface area contributed by atoms with Crippen LogP contribution in [0.15, 0.2) is 45.7 Å². The van der Waals surface area contributed by atoms with Gasteiger partial charge in [0.15, 0.2) is 0 Å². The SMILES string of the molecule is COc1cc(OC)c(Br)c(-n2c(C(C)N(C)C(=O)NC3CCCCC3)nc3ccccc3c2=O)c1. The van der Waals surface area contributed by atoms with Gasteiger partial charge in [-0.05, 0) is 47.8 Å². The highest BCUT2D eigenvalue weighted by Gasteiger charge is 2.27. The number of para-hydroxylation sites is 1. The molecule has 9 heteroatoms. The summed E-state index contributed by atoms with van der Waals surface area (Å²) in [5, 5.41) is 3.63. The molecule has 1 saturated carbocycles. The lowest BCUT2D eigenvalue weighted by molar-refractivity contribution is 0.184. The highest BCUT2D eigenvalue weighted by atomic mass is 79.9. The van der Waals surface area contributed by atoms with Crippen LogP contribution in [0.3, 0.4) is 0 Å². The Labute approximate surface area is 213 Å². The molecule has 0 spiro atoms. The van der Waals surface area contributed by atoms with Crippen molar-refractivity contribution in [3.8, 4) is 17.2 Å². The first-order valence-electron chi connectivity index (χ1n) is 11.8. The van der Waals surface area contributed by atoms with E-state index in [4.69, 9.17) is 14.5 Å². The van der Waals surface area contributed by atoms with E-state index in [0.717, 1.165) is 25.7 Å². The molecule has 1 unspecified atom stereocenters. The number of nitrogens with one attached hydrogen (secondary N) is 1. The number of ether oxygens (including phenoxy) is 2. The zero-order chi connectivity index (χ0) is 25.1. The second-order valence-electron chi connectivity index (χ2n) is 8.86. The first kappa shape index (κ1) is 25.0. The molecule has 8 nitrogen and oxygen atoms in total. The minimum Gasteiger partial charge on any atom is -0.497 e. The number of methoxy groups -OCH3 is 2. The number of hydrogen-bond acceptors (Lipinski definition) is 5. The largest absolute Gasteiger partial charge is 0.497 e. The van der Waals surface area contributed by atoms with Crippen LogP contribution in [-0.4, -0.2) is 47.8 Å². The Balaban J connectivity index is 1.84. The summed E-state index contributed by atoms with van der Waals surface area (Å²) in [5.41, 5.74) is 0.851. The van der Waals surface area contributed by atoms with E-state index in [2.05, 4.69) is 21.2 Å². The van der Waals surface area contributed by atoms with Gasteiger partial charge in [-0.1, -0.05) is 31.4 Å². The van der Waals surface area contributed by atoms with Crippen LogP contribution in [0.2, 0.25) is 0 Å². The van der Waals surface area contributed by atoms with Gasteiger partial charge in [-0.2, -0.15) is 0 Å². The Morgan fingerprint density at radius 2 is 1.89 bits per heavy atom. The van der Waals surface area contributed by atoms with E-state index in [9.17, 15) is 9.59 Å². The van der Waals surface area contributed by atoms with Crippen molar-refractivity contribution in [2.24, 2.45) is 0 Å². The predicted molar refractivity (Wildman–Crippen MR) is 140 cm³/mol. The van der Waals surface area contributed by atoms with Crippen molar-refractivity contribution in [2.75, 3.05) is 21.3 Å². The van der Waals surface area contributed by atoms with Crippen molar-refractivity contribution in [1.82, 2.24) is 19.8 Å². The molecule has 0 radical (unpaired) electrons. The molecule has 2 aromatic carbocycles. The number of carbonyl (C=O) groups excluding carboxylic acids is 1. The van der Waals surface area contributed by atoms with Crippen LogP contribution in [-0.2, 0) is 0 Å². The lowest BCUT2D eigenvalue weighted by Crippen LogP contribution is -2.45. The monoisotopic (exact) mass is 542 g/mol. The fraction of sp³-hybridized carbons (Fsp3) is 0.423. The van der Waals surface area contributed by atoms with E-state index in [1.54, 1.807) is 50.4 Å². The van der Waals surface area contributed by atoms with Crippen molar-refractivity contribution in [1.29, 1.82) is 0 Å². The molecular formula is C26H31BrN4O4. The average molecular weight is 543 g/mol. The second kappa shape index (κ2) is 10.7. The second-order valence-corrected chi connectivity index (χ2v) is 9.65. The molecule has 0 bridgehead atoms. The third kappa shape index (κ3) is 5.00. The molecule has 0 saturated heterocycles. The molecule has 1 aliphatic rings. The Hall–Kier alpha value is -3.07. The molecule has 1 atom stereocenters. The molecule has 1 N–H and O–H groups in total. The lowest BCUT2D eigenvalue weighted by atomic mass is 9.96. The number of amides is 2. The van der Waals surface area contributed by atoms with Crippen molar-refractivity contribution < 1.29 is 14.3 Å². The fourth-order valence-electron chi connectivity index (χ4n) is 4.52. The molecule has 186 valence electrons. The molecule has 1 aliphatic carbocycles. The van der Waals surface area contributed by atoms with Gasteiger partial charge < -0.3 is 19.7 Å². The minimum absolute atomic E-state index is 0.175. The molecule has 0 aliphatic heterocycles. The van der Waals surface area contributed by atoms with Gasteiger partial charge in [-0.25, -0.2) is 9.78 Å². The summed E-state index contributed by atoms with van der Waals surface area (Å²) in [7, 11) is 4.84. The van der Waals surface area contributed by atoms with Crippen LogP contribution in [0.25, 0.3) is 16.6 Å². The van der Waals surface area contributed by atoms with Crippen LogP contribution >= 0.6 is 15.9 Å². The van der Waals surface area contributed by atoms with Crippen LogP contribution in [0.4, 0.5) is 4.79 Å². The molecular weight excluding hydrogens is 512 g/mol. The van der Waals surface area contributed by atoms with Crippen LogP contribution < -0.4 is 20.3 Å². The number of halogens is 1. The van der Waals surface area contributed by atoms with Gasteiger partial charge in [-0.3, -0.25) is 9.36 Å². The van der Waals surface area contributed by atoms with Crippen LogP contribution in [0, 0.1) is 0 Å². The maximum atomic E-state index is 13.8. The normalized spacial score (nSPS) is 15.0. The third-order valence-electron chi connectivity index (χ3n) is 6.70. The average Bonchev–Trinajstić information content (AvgIpc) is 2.88. The number of nitrogens with zero attached hydrogens (tertiary/aromatic N) is 3. The maximum Gasteiger partial charge on any atom is 0.317 e. The highest BCUT2D eigenvalue weighted by Crippen LogP contribution is 2.36. The molecule has 3 aromatic rings. The van der Waals surface area contributed by atoms with E-state index in [1.165, 1.54) is 11.0 Å². The third-order valence-corrected chi connectivity index (χ3v) is 7.50. The quantitative estimate of drug-likeness (QED) is 0.462. The minimum atomic E-state index is -0.500. The van der Waals surface area contributed by atoms with Gasteiger partial charge in [0.2, 0.25) is 0 Å². The molecule has 2 amide bonds. The number of carbonyl (C=O) groups is 1. The topological polar surface area (TPSA) is 85.7 Å². The van der Waals surface area contributed by atoms with E-state index < -0.39 is 6.04 Å². The Morgan fingerprint density at radius 3 is 2.57 bits per heavy atom. The van der Waals surface area contributed by atoms with E-state index in [1.807, 2.05) is 19.1 Å². The first-order valence-corrected chi connectivity index (χ1v) is 12.6. The maximum absolute atomic E-state index is 13.8. The van der Waals surface area contributed by atoms with Gasteiger partial charge in [-0.15, -0.1) is 0 Å². The van der Waals surface area contributed by atoms with Crippen molar-refractivity contribution in [3.63, 3.8) is 0 Å². The van der Waals surface area contributed by atoms with E-state index in [0.29, 0.717) is 38.4 Å². The zero-order valence-electron chi connectivity index (χ0n) is 20.5. The number of fused-ring (bicyclic) bond motifs is 1. The highest BCUT2D eigenvalue weighted by molar-refractivity contribution is 9.10. The molecule has 35 heavy (non-hydrogen) atoms. The summed E-state index contributed by atoms with van der Waals surface area (Å²) in [6.45, 7) is 1.87. The van der Waals surface area contributed by atoms with Gasteiger partial charge >= 0.3 is 6.03 Å². The fourth-order valence-corrected chi connectivity index (χ4v) is 5.09. The van der Waals surface area contributed by atoms with E-state index in [-0.39, 0.29) is 17.6 Å². The van der Waals surface area contributed by atoms with Crippen molar-refractivity contribution >= 4 is 32.9 Å². The number of urea groups is 1. The lowest BCUT2D eigenvalue weighted by Gasteiger charge is -2.30. The van der Waals surface area contributed by atoms with Gasteiger partial charge in [0, 0.05) is 25.2 Å². The first-order chi connectivity index (χ1) is 16.8. The Kier molecular flexibility index (Phi) is 7.64. The summed E-state index contributed by atoms with van der Waals surface area (Å²) >= 11 is 3.59. The predicted octanol–water partition coefficient (Wildman–Crippen LogP) is 5.20. The number of benzene rings is 2. The van der Waals surface area contributed by atoms with Gasteiger partial charge in [0.05, 0.1) is 41.3 Å². The van der Waals surface area contributed by atoms with E-state index >= 15 is 0 Å². The molecule has 1 heterocycles. The summed E-state index contributed by atoms with van der Waals surface area (Å²) in [4.78, 5) is 33.4. The molecule has 4 rings (SSSR count). The number of aromatic nitrogens is 2. The standard InChI is InChI=1S/C26H31BrN4O4/c1-16(30(2)26(33)28-17-10-6-5-7-11-17)24-29-20-13-9-8-12-19(20)25(32)31(24)21-14-18(34-3)15-22(35-4)23(21)27/h8-9,12-17H,5-7,10-11H2,1-4H3,(H,28,33). The zero-order valence-corrected chi connectivity index (χ0v) is 22.1. The number of hydrogen-bond donors (Lipinski definition) is 1. The van der Waals surface area contributed by atoms with Crippen molar-refractivity contribution in [2.45, 2.75) is 51.1 Å². The summed E-state index contributed by atoms with van der Waals surface area (Å²) < 4.78 is 13.1. The summed E-state index contributed by atoms with van der Waals surface area (Å²) in [6.07, 6.45) is 5.45. The summed E-state index contributed by atoms with van der Waals surface area (Å²) in [6, 6.07) is 10.2. The molecule has 1 fully saturated rings. The van der Waals surface area contributed by atoms with Crippen LogP contribution in [0.1, 0.15) is 50.9 Å². The Morgan fingerprint density at radius 1 is 1.17 bits per heavy atom. The summed E-state index contributed by atoms with van der Waals surface area (Å²) in [5.74, 6) is 1.48. The number of rotatable bonds is 6. The smallest absolute Gasteiger partial charge is 0.317 e. The molecule has 1 aromatic heterocycles. The van der Waals surface area contributed by atoms with Crippen molar-refractivity contribution in [3.05, 3.63) is 57.0 Å². The van der Waals surface area contributed by atoms with Gasteiger partial charge in [0.1, 0.15) is 17.3 Å².